The van der Waals surface area contributed by atoms with E-state index >= 15 is 0 Å². The molecule has 1 N–H and O–H groups in total. The number of carbonyl (C=O) groups is 1. The van der Waals surface area contributed by atoms with Crippen LogP contribution in [0.3, 0.4) is 0 Å². The largest absolute Gasteiger partial charge is 0.496 e. The lowest BCUT2D eigenvalue weighted by molar-refractivity contribution is 0.102. The van der Waals surface area contributed by atoms with Crippen molar-refractivity contribution in [2.24, 2.45) is 7.05 Å². The van der Waals surface area contributed by atoms with Gasteiger partial charge in [0, 0.05) is 29.4 Å². The molecule has 134 valence electrons. The number of amides is 1. The van der Waals surface area contributed by atoms with Crippen LogP contribution in [0.5, 0.6) is 11.5 Å². The van der Waals surface area contributed by atoms with Crippen molar-refractivity contribution in [3.05, 3.63) is 47.5 Å². The summed E-state index contributed by atoms with van der Waals surface area (Å²) in [7, 11) is 4.87. The Bertz CT molecular complexity index is 926. The van der Waals surface area contributed by atoms with Crippen LogP contribution in [0.25, 0.3) is 11.4 Å². The van der Waals surface area contributed by atoms with Gasteiger partial charge in [-0.3, -0.25) is 4.79 Å². The number of anilines is 1. The fourth-order valence-electron chi connectivity index (χ4n) is 2.63. The number of aryl methyl sites for hydroxylation is 1. The first-order chi connectivity index (χ1) is 12.5. The molecule has 0 spiro atoms. The lowest BCUT2D eigenvalue weighted by Crippen LogP contribution is -2.12. The minimum Gasteiger partial charge on any atom is -0.496 e. The Kier molecular flexibility index (Phi) is 4.83. The molecule has 0 saturated carbocycles. The van der Waals surface area contributed by atoms with Gasteiger partial charge < -0.3 is 14.8 Å². The van der Waals surface area contributed by atoms with E-state index in [9.17, 15) is 4.79 Å². The summed E-state index contributed by atoms with van der Waals surface area (Å²) in [4.78, 5) is 12.7. The molecule has 3 aromatic rings. The first-order valence-electron chi connectivity index (χ1n) is 7.90. The van der Waals surface area contributed by atoms with E-state index in [0.29, 0.717) is 28.6 Å². The Morgan fingerprint density at radius 3 is 2.38 bits per heavy atom. The van der Waals surface area contributed by atoms with E-state index in [2.05, 4.69) is 20.8 Å². The van der Waals surface area contributed by atoms with Gasteiger partial charge in [-0.1, -0.05) is 12.1 Å². The SMILES string of the molecule is COc1cc(C(=O)Nc2cccc(-c3nnnn3C)c2)cc(OC)c1C. The van der Waals surface area contributed by atoms with Crippen LogP contribution in [-0.4, -0.2) is 40.3 Å². The fourth-order valence-corrected chi connectivity index (χ4v) is 2.63. The van der Waals surface area contributed by atoms with Crippen LogP contribution in [0.2, 0.25) is 0 Å². The molecule has 1 heterocycles. The first-order valence-corrected chi connectivity index (χ1v) is 7.90. The predicted molar refractivity (Wildman–Crippen MR) is 96.5 cm³/mol. The van der Waals surface area contributed by atoms with E-state index in [4.69, 9.17) is 9.47 Å². The summed E-state index contributed by atoms with van der Waals surface area (Å²) in [5.74, 6) is 1.52. The Balaban J connectivity index is 1.88. The van der Waals surface area contributed by atoms with Gasteiger partial charge >= 0.3 is 0 Å². The van der Waals surface area contributed by atoms with Crippen molar-refractivity contribution in [2.45, 2.75) is 6.92 Å². The number of nitrogens with zero attached hydrogens (tertiary/aromatic N) is 4. The van der Waals surface area contributed by atoms with E-state index in [1.165, 1.54) is 0 Å². The normalized spacial score (nSPS) is 10.5. The summed E-state index contributed by atoms with van der Waals surface area (Å²) >= 11 is 0. The molecule has 0 atom stereocenters. The minimum atomic E-state index is -0.269. The van der Waals surface area contributed by atoms with E-state index in [-0.39, 0.29) is 5.91 Å². The molecule has 8 heteroatoms. The molecule has 0 unspecified atom stereocenters. The second kappa shape index (κ2) is 7.22. The van der Waals surface area contributed by atoms with Gasteiger partial charge in [0.05, 0.1) is 14.2 Å². The molecule has 8 nitrogen and oxygen atoms in total. The summed E-state index contributed by atoms with van der Waals surface area (Å²) in [6, 6.07) is 10.7. The highest BCUT2D eigenvalue weighted by Crippen LogP contribution is 2.30. The zero-order valence-electron chi connectivity index (χ0n) is 15.0. The summed E-state index contributed by atoms with van der Waals surface area (Å²) in [5, 5.41) is 14.3. The third-order valence-corrected chi connectivity index (χ3v) is 4.01. The standard InChI is InChI=1S/C18H19N5O3/c1-11-15(25-3)9-13(10-16(11)26-4)18(24)19-14-7-5-6-12(8-14)17-20-21-22-23(17)2/h5-10H,1-4H3,(H,19,24). The Hall–Kier alpha value is -3.42. The number of nitrogens with one attached hydrogen (secondary N) is 1. The van der Waals surface area contributed by atoms with Gasteiger partial charge in [-0.25, -0.2) is 4.68 Å². The lowest BCUT2D eigenvalue weighted by atomic mass is 10.1. The second-order valence-corrected chi connectivity index (χ2v) is 5.67. The van der Waals surface area contributed by atoms with Crippen LogP contribution in [-0.2, 0) is 7.05 Å². The van der Waals surface area contributed by atoms with Crippen molar-refractivity contribution < 1.29 is 14.3 Å². The van der Waals surface area contributed by atoms with Crippen molar-refractivity contribution in [2.75, 3.05) is 19.5 Å². The van der Waals surface area contributed by atoms with Crippen molar-refractivity contribution in [1.82, 2.24) is 20.2 Å². The van der Waals surface area contributed by atoms with Crippen molar-refractivity contribution >= 4 is 11.6 Å². The molecule has 0 saturated heterocycles. The monoisotopic (exact) mass is 353 g/mol. The zero-order chi connectivity index (χ0) is 18.7. The van der Waals surface area contributed by atoms with Crippen LogP contribution in [0.4, 0.5) is 5.69 Å². The topological polar surface area (TPSA) is 91.2 Å². The van der Waals surface area contributed by atoms with Gasteiger partial charge in [-0.2, -0.15) is 0 Å². The van der Waals surface area contributed by atoms with E-state index in [1.54, 1.807) is 44.1 Å². The fraction of sp³-hybridized carbons (Fsp3) is 0.222. The molecule has 0 aliphatic rings. The van der Waals surface area contributed by atoms with Gasteiger partial charge in [0.25, 0.3) is 5.91 Å². The third kappa shape index (κ3) is 3.34. The number of aromatic nitrogens is 4. The molecular weight excluding hydrogens is 334 g/mol. The van der Waals surface area contributed by atoms with Gasteiger partial charge in [0.2, 0.25) is 0 Å². The Morgan fingerprint density at radius 1 is 1.12 bits per heavy atom. The molecule has 0 aliphatic carbocycles. The minimum absolute atomic E-state index is 0.269. The molecule has 0 fully saturated rings. The summed E-state index contributed by atoms with van der Waals surface area (Å²) in [6.45, 7) is 1.87. The number of carbonyl (C=O) groups excluding carboxylic acids is 1. The molecule has 0 bridgehead atoms. The summed E-state index contributed by atoms with van der Waals surface area (Å²) in [5.41, 5.74) is 2.71. The van der Waals surface area contributed by atoms with Crippen LogP contribution >= 0.6 is 0 Å². The molecule has 3 rings (SSSR count). The Morgan fingerprint density at radius 2 is 1.81 bits per heavy atom. The number of hydrogen-bond donors (Lipinski definition) is 1. The molecule has 2 aromatic carbocycles. The maximum absolute atomic E-state index is 12.7. The second-order valence-electron chi connectivity index (χ2n) is 5.67. The zero-order valence-corrected chi connectivity index (χ0v) is 15.0. The maximum Gasteiger partial charge on any atom is 0.255 e. The van der Waals surface area contributed by atoms with Gasteiger partial charge in [0.1, 0.15) is 11.5 Å². The van der Waals surface area contributed by atoms with E-state index < -0.39 is 0 Å². The molecule has 0 aliphatic heterocycles. The maximum atomic E-state index is 12.7. The molecule has 1 amide bonds. The third-order valence-electron chi connectivity index (χ3n) is 4.01. The lowest BCUT2D eigenvalue weighted by Gasteiger charge is -2.13. The Labute approximate surface area is 150 Å². The van der Waals surface area contributed by atoms with Crippen molar-refractivity contribution in [1.29, 1.82) is 0 Å². The summed E-state index contributed by atoms with van der Waals surface area (Å²) < 4.78 is 12.2. The molecule has 26 heavy (non-hydrogen) atoms. The highest BCUT2D eigenvalue weighted by molar-refractivity contribution is 6.05. The predicted octanol–water partition coefficient (Wildman–Crippen LogP) is 2.46. The van der Waals surface area contributed by atoms with E-state index in [1.807, 2.05) is 25.1 Å². The number of hydrogen-bond acceptors (Lipinski definition) is 6. The highest BCUT2D eigenvalue weighted by atomic mass is 16.5. The number of methoxy groups -OCH3 is 2. The van der Waals surface area contributed by atoms with Crippen LogP contribution in [0.15, 0.2) is 36.4 Å². The van der Waals surface area contributed by atoms with Crippen LogP contribution in [0, 0.1) is 6.92 Å². The number of tetrazole rings is 1. The number of ether oxygens (including phenoxy) is 2. The quantitative estimate of drug-likeness (QED) is 0.758. The van der Waals surface area contributed by atoms with Gasteiger partial charge in [0.15, 0.2) is 5.82 Å². The van der Waals surface area contributed by atoms with Crippen LogP contribution in [0.1, 0.15) is 15.9 Å². The molecule has 1 aromatic heterocycles. The average molecular weight is 353 g/mol. The molecular formula is C18H19N5O3. The van der Waals surface area contributed by atoms with Crippen molar-refractivity contribution in [3.63, 3.8) is 0 Å². The first kappa shape index (κ1) is 17.4. The van der Waals surface area contributed by atoms with Gasteiger partial charge in [-0.15, -0.1) is 5.10 Å². The van der Waals surface area contributed by atoms with Crippen LogP contribution < -0.4 is 14.8 Å². The van der Waals surface area contributed by atoms with Crippen molar-refractivity contribution in [3.8, 4) is 22.9 Å². The molecule has 0 radical (unpaired) electrons. The highest BCUT2D eigenvalue weighted by Gasteiger charge is 2.14. The number of benzene rings is 2. The summed E-state index contributed by atoms with van der Waals surface area (Å²) in [6.07, 6.45) is 0. The average Bonchev–Trinajstić information content (AvgIpc) is 3.08. The van der Waals surface area contributed by atoms with E-state index in [0.717, 1.165) is 11.1 Å². The number of rotatable bonds is 5. The van der Waals surface area contributed by atoms with Gasteiger partial charge in [-0.05, 0) is 41.6 Å². The smallest absolute Gasteiger partial charge is 0.255 e.